The molecule has 2 nitrogen and oxygen atoms in total. The van der Waals surface area contributed by atoms with E-state index in [2.05, 4.69) is 45.0 Å². The van der Waals surface area contributed by atoms with Crippen LogP contribution in [0.3, 0.4) is 0 Å². The molecule has 0 spiro atoms. The predicted molar refractivity (Wildman–Crippen MR) is 136 cm³/mol. The molecule has 176 valence electrons. The molecule has 4 heteroatoms. The van der Waals surface area contributed by atoms with Crippen molar-refractivity contribution < 1.29 is 8.78 Å². The lowest BCUT2D eigenvalue weighted by Crippen LogP contribution is -2.37. The highest BCUT2D eigenvalue weighted by Crippen LogP contribution is 2.57. The molecule has 1 aromatic carbocycles. The van der Waals surface area contributed by atoms with Crippen molar-refractivity contribution in [2.24, 2.45) is 22.7 Å². The molecule has 2 N–H and O–H groups in total. The summed E-state index contributed by atoms with van der Waals surface area (Å²) in [6, 6.07) is 1.98. The Morgan fingerprint density at radius 2 is 2.00 bits per heavy atom. The Morgan fingerprint density at radius 3 is 2.61 bits per heavy atom. The maximum Gasteiger partial charge on any atom is 0.247 e. The minimum Gasteiger partial charge on any atom is -0.398 e. The van der Waals surface area contributed by atoms with Gasteiger partial charge in [-0.2, -0.15) is 0 Å². The molecule has 3 unspecified atom stereocenters. The normalized spacial score (nSPS) is 24.6. The van der Waals surface area contributed by atoms with Crippen LogP contribution in [0.5, 0.6) is 0 Å². The van der Waals surface area contributed by atoms with Crippen LogP contribution in [0.25, 0.3) is 5.57 Å². The summed E-state index contributed by atoms with van der Waals surface area (Å²) in [6.07, 6.45) is 5.26. The highest BCUT2D eigenvalue weighted by molar-refractivity contribution is 6.04. The first-order valence-corrected chi connectivity index (χ1v) is 12.1. The van der Waals surface area contributed by atoms with Crippen LogP contribution in [0, 0.1) is 24.7 Å². The summed E-state index contributed by atoms with van der Waals surface area (Å²) in [4.78, 5) is 4.51. The van der Waals surface area contributed by atoms with Crippen molar-refractivity contribution in [1.29, 1.82) is 0 Å². The summed E-state index contributed by atoms with van der Waals surface area (Å²) in [5.74, 6) is -1.22. The van der Waals surface area contributed by atoms with Crippen LogP contribution in [0.2, 0.25) is 0 Å². The fourth-order valence-corrected chi connectivity index (χ4v) is 6.11. The quantitative estimate of drug-likeness (QED) is 0.354. The number of nitrogens with two attached hydrogens (primary N) is 1. The Hall–Kier alpha value is -2.49. The molecule has 0 radical (unpaired) electrons. The largest absolute Gasteiger partial charge is 0.398 e. The first-order chi connectivity index (χ1) is 15.4. The standard InChI is InChI=1S/C29H36F2N2/c1-8-19-11-20-12-23-22(18(6)33-10-9-29(7,30)31)14-25(32)16(4)26(23)17(5)27(20)24-13-21(15(2)3)28(19)24/h13-14,19-20,28H,2,5,8-12,32H2,1,3-4,6-7H3/b33-18+. The van der Waals surface area contributed by atoms with Crippen molar-refractivity contribution in [1.82, 2.24) is 0 Å². The van der Waals surface area contributed by atoms with Crippen LogP contribution in [-0.4, -0.2) is 18.2 Å². The van der Waals surface area contributed by atoms with Gasteiger partial charge in [0.1, 0.15) is 0 Å². The molecule has 4 rings (SSSR count). The third-order valence-corrected chi connectivity index (χ3v) is 7.88. The number of benzene rings is 1. The van der Waals surface area contributed by atoms with E-state index in [0.717, 1.165) is 59.7 Å². The summed E-state index contributed by atoms with van der Waals surface area (Å²) in [5, 5.41) is 0. The Morgan fingerprint density at radius 1 is 1.30 bits per heavy atom. The zero-order chi connectivity index (χ0) is 24.2. The van der Waals surface area contributed by atoms with Crippen LogP contribution < -0.4 is 5.73 Å². The van der Waals surface area contributed by atoms with Gasteiger partial charge in [-0.05, 0) is 97.4 Å². The van der Waals surface area contributed by atoms with Crippen molar-refractivity contribution in [3.05, 3.63) is 69.8 Å². The molecule has 0 fully saturated rings. The zero-order valence-corrected chi connectivity index (χ0v) is 20.6. The number of aliphatic imine (C=N–C) groups is 1. The van der Waals surface area contributed by atoms with E-state index in [1.807, 2.05) is 13.0 Å². The van der Waals surface area contributed by atoms with Gasteiger partial charge in [0.25, 0.3) is 0 Å². The fourth-order valence-electron chi connectivity index (χ4n) is 6.11. The lowest BCUT2D eigenvalue weighted by Gasteiger charge is -2.48. The number of nitrogens with zero attached hydrogens (tertiary/aromatic N) is 1. The average Bonchev–Trinajstić information content (AvgIpc) is 2.69. The summed E-state index contributed by atoms with van der Waals surface area (Å²) in [5.41, 5.74) is 18.8. The Bertz CT molecular complexity index is 1130. The minimum atomic E-state index is -2.71. The van der Waals surface area contributed by atoms with Crippen LogP contribution >= 0.6 is 0 Å². The zero-order valence-electron chi connectivity index (χ0n) is 20.6. The lowest BCUT2D eigenvalue weighted by molar-refractivity contribution is 0.0158. The van der Waals surface area contributed by atoms with Gasteiger partial charge in [-0.3, -0.25) is 4.99 Å². The number of anilines is 1. The first kappa shape index (κ1) is 23.7. The number of nitrogen functional groups attached to an aromatic ring is 1. The maximum atomic E-state index is 13.3. The van der Waals surface area contributed by atoms with Crippen molar-refractivity contribution in [3.8, 4) is 0 Å². The van der Waals surface area contributed by atoms with Gasteiger partial charge in [-0.25, -0.2) is 8.78 Å². The first-order valence-electron chi connectivity index (χ1n) is 12.1. The molecule has 3 aliphatic rings. The molecule has 33 heavy (non-hydrogen) atoms. The highest BCUT2D eigenvalue weighted by Gasteiger charge is 2.45. The van der Waals surface area contributed by atoms with E-state index in [1.54, 1.807) is 0 Å². The van der Waals surface area contributed by atoms with E-state index >= 15 is 0 Å². The number of alkyl halides is 2. The molecule has 1 aromatic rings. The smallest absolute Gasteiger partial charge is 0.247 e. The molecule has 3 atom stereocenters. The summed E-state index contributed by atoms with van der Waals surface area (Å²) in [6.45, 7) is 18.2. The van der Waals surface area contributed by atoms with Gasteiger partial charge in [0.15, 0.2) is 0 Å². The second-order valence-electron chi connectivity index (χ2n) is 10.3. The van der Waals surface area contributed by atoms with Gasteiger partial charge < -0.3 is 5.73 Å². The SMILES string of the molecule is C=C(C)C1=CC2=C3C(=C)c4c(C)c(N)cc(/C(C)=N/CCC(C)(F)F)c4CC3CC(CC)C12. The molecule has 0 heterocycles. The van der Waals surface area contributed by atoms with E-state index in [-0.39, 0.29) is 13.0 Å². The van der Waals surface area contributed by atoms with Crippen LogP contribution in [-0.2, 0) is 6.42 Å². The van der Waals surface area contributed by atoms with Gasteiger partial charge >= 0.3 is 0 Å². The van der Waals surface area contributed by atoms with Crippen molar-refractivity contribution in [2.45, 2.75) is 66.2 Å². The molecular formula is C29H36F2N2. The second kappa shape index (κ2) is 8.38. The lowest BCUT2D eigenvalue weighted by atomic mass is 9.56. The minimum absolute atomic E-state index is 0.103. The Balaban J connectivity index is 1.81. The van der Waals surface area contributed by atoms with E-state index in [0.29, 0.717) is 23.4 Å². The Labute approximate surface area is 197 Å². The van der Waals surface area contributed by atoms with E-state index in [4.69, 9.17) is 5.73 Å². The Kier molecular flexibility index (Phi) is 6.01. The monoisotopic (exact) mass is 450 g/mol. The van der Waals surface area contributed by atoms with Crippen LogP contribution in [0.15, 0.2) is 52.6 Å². The number of halogens is 2. The van der Waals surface area contributed by atoms with Gasteiger partial charge in [0, 0.05) is 35.8 Å². The molecule has 0 saturated carbocycles. The van der Waals surface area contributed by atoms with Crippen LogP contribution in [0.1, 0.15) is 69.2 Å². The number of fused-ring (bicyclic) bond motifs is 3. The topological polar surface area (TPSA) is 38.4 Å². The number of rotatable bonds is 6. The second-order valence-corrected chi connectivity index (χ2v) is 10.3. The molecule has 0 saturated heterocycles. The van der Waals surface area contributed by atoms with E-state index in [1.165, 1.54) is 22.3 Å². The van der Waals surface area contributed by atoms with E-state index < -0.39 is 5.92 Å². The fraction of sp³-hybridized carbons (Fsp3) is 0.483. The van der Waals surface area contributed by atoms with Crippen molar-refractivity contribution in [2.75, 3.05) is 12.3 Å². The van der Waals surface area contributed by atoms with Gasteiger partial charge in [0.05, 0.1) is 0 Å². The number of allylic oxidation sites excluding steroid dienone is 6. The maximum absolute atomic E-state index is 13.3. The van der Waals surface area contributed by atoms with E-state index in [9.17, 15) is 8.78 Å². The molecule has 0 aromatic heterocycles. The van der Waals surface area contributed by atoms with Crippen LogP contribution in [0.4, 0.5) is 14.5 Å². The predicted octanol–water partition coefficient (Wildman–Crippen LogP) is 7.48. The molecule has 0 bridgehead atoms. The van der Waals surface area contributed by atoms with Crippen molar-refractivity contribution in [3.63, 3.8) is 0 Å². The highest BCUT2D eigenvalue weighted by atomic mass is 19.3. The molecular weight excluding hydrogens is 414 g/mol. The molecule has 3 aliphatic carbocycles. The third-order valence-electron chi connectivity index (χ3n) is 7.88. The van der Waals surface area contributed by atoms with Gasteiger partial charge in [-0.15, -0.1) is 0 Å². The third kappa shape index (κ3) is 4.02. The molecule has 0 aliphatic heterocycles. The number of hydrogen-bond acceptors (Lipinski definition) is 2. The summed E-state index contributed by atoms with van der Waals surface area (Å²) >= 11 is 0. The summed E-state index contributed by atoms with van der Waals surface area (Å²) < 4.78 is 26.6. The average molecular weight is 451 g/mol. The number of hydrogen-bond donors (Lipinski definition) is 1. The van der Waals surface area contributed by atoms with Gasteiger partial charge in [0.2, 0.25) is 5.92 Å². The van der Waals surface area contributed by atoms with Gasteiger partial charge in [-0.1, -0.05) is 38.2 Å². The molecule has 0 amide bonds. The van der Waals surface area contributed by atoms with Crippen molar-refractivity contribution >= 4 is 17.0 Å². The summed E-state index contributed by atoms with van der Waals surface area (Å²) in [7, 11) is 0.